The third-order valence-electron chi connectivity index (χ3n) is 3.99. The van der Waals surface area contributed by atoms with Crippen molar-refractivity contribution in [2.75, 3.05) is 11.5 Å². The first-order valence-electron chi connectivity index (χ1n) is 7.88. The molecule has 2 aromatic rings. The number of carboxylic acids is 1. The summed E-state index contributed by atoms with van der Waals surface area (Å²) < 4.78 is 0. The van der Waals surface area contributed by atoms with Gasteiger partial charge in [-0.05, 0) is 0 Å². The second-order valence-electron chi connectivity index (χ2n) is 5.81. The SMILES string of the molecule is Nc1nc(CC(=O)N[C@@H]2C(=O)N3C(C(=O)O)=C(Sc4cnn[nH]4)CS[C@@H]23)cs1. The number of aromatic amines is 1. The lowest BCUT2D eigenvalue weighted by molar-refractivity contribution is -0.150. The fourth-order valence-electron chi connectivity index (χ4n) is 2.83. The van der Waals surface area contributed by atoms with E-state index in [1.165, 1.54) is 46.0 Å². The minimum Gasteiger partial charge on any atom is -0.477 e. The number of thioether (sulfide) groups is 2. The van der Waals surface area contributed by atoms with Crippen molar-refractivity contribution in [2.45, 2.75) is 22.9 Å². The van der Waals surface area contributed by atoms with Crippen molar-refractivity contribution in [3.63, 3.8) is 0 Å². The maximum Gasteiger partial charge on any atom is 0.353 e. The summed E-state index contributed by atoms with van der Waals surface area (Å²) in [7, 11) is 0. The molecule has 2 atom stereocenters. The summed E-state index contributed by atoms with van der Waals surface area (Å²) >= 11 is 3.79. The second kappa shape index (κ2) is 7.44. The van der Waals surface area contributed by atoms with E-state index in [1.807, 2.05) is 0 Å². The van der Waals surface area contributed by atoms with E-state index >= 15 is 0 Å². The molecular formula is C14H13N7O4S3. The van der Waals surface area contributed by atoms with Gasteiger partial charge in [-0.2, -0.15) is 0 Å². The average Bonchev–Trinajstić information content (AvgIpc) is 3.30. The Labute approximate surface area is 170 Å². The maximum atomic E-state index is 12.6. The Kier molecular flexibility index (Phi) is 4.99. The fourth-order valence-corrected chi connectivity index (χ4v) is 5.76. The van der Waals surface area contributed by atoms with Gasteiger partial charge >= 0.3 is 5.97 Å². The lowest BCUT2D eigenvalue weighted by Crippen LogP contribution is -2.70. The second-order valence-corrected chi connectivity index (χ2v) is 8.94. The molecule has 2 aliphatic rings. The number of anilines is 1. The van der Waals surface area contributed by atoms with Gasteiger partial charge in [-0.3, -0.25) is 19.6 Å². The predicted molar refractivity (Wildman–Crippen MR) is 102 cm³/mol. The van der Waals surface area contributed by atoms with Crippen LogP contribution in [0, 0.1) is 0 Å². The number of hydrogen-bond acceptors (Lipinski definition) is 10. The molecule has 2 amide bonds. The van der Waals surface area contributed by atoms with Crippen molar-refractivity contribution in [3.05, 3.63) is 27.9 Å². The molecule has 1 fully saturated rings. The standard InChI is InChI=1S/C14H13N7O4S3/c15-14-17-5(3-27-14)1-7(22)18-9-11(23)21-10(13(24)25)6(4-26-12(9)21)28-8-2-16-20-19-8/h2-3,9,12H,1,4H2,(H2,15,17)(H,18,22)(H,24,25)(H,16,19,20)/t9-,12+/m1/s1. The van der Waals surface area contributed by atoms with E-state index in [9.17, 15) is 19.5 Å². The Bertz CT molecular complexity index is 974. The normalized spacial score (nSPS) is 21.3. The monoisotopic (exact) mass is 439 g/mol. The predicted octanol–water partition coefficient (Wildman–Crippen LogP) is -0.126. The van der Waals surface area contributed by atoms with Crippen molar-refractivity contribution in [2.24, 2.45) is 0 Å². The zero-order chi connectivity index (χ0) is 19.8. The smallest absolute Gasteiger partial charge is 0.353 e. The van der Waals surface area contributed by atoms with Gasteiger partial charge in [-0.15, -0.1) is 28.2 Å². The molecule has 2 aliphatic heterocycles. The van der Waals surface area contributed by atoms with E-state index in [-0.39, 0.29) is 18.0 Å². The molecule has 14 heteroatoms. The van der Waals surface area contributed by atoms with Crippen LogP contribution >= 0.6 is 34.9 Å². The van der Waals surface area contributed by atoms with Crippen molar-refractivity contribution in [1.82, 2.24) is 30.6 Å². The number of nitrogens with zero attached hydrogens (tertiary/aromatic N) is 4. The number of aromatic nitrogens is 4. The minimum atomic E-state index is -1.20. The summed E-state index contributed by atoms with van der Waals surface area (Å²) in [5.41, 5.74) is 5.99. The summed E-state index contributed by atoms with van der Waals surface area (Å²) in [6.45, 7) is 0. The first kappa shape index (κ1) is 18.8. The molecule has 2 aromatic heterocycles. The molecule has 28 heavy (non-hydrogen) atoms. The van der Waals surface area contributed by atoms with Gasteiger partial charge in [0.25, 0.3) is 5.91 Å². The summed E-state index contributed by atoms with van der Waals surface area (Å²) in [6.07, 6.45) is 1.48. The van der Waals surface area contributed by atoms with Crippen LogP contribution in [0.3, 0.4) is 0 Å². The Hall–Kier alpha value is -2.58. The van der Waals surface area contributed by atoms with Crippen LogP contribution < -0.4 is 11.1 Å². The van der Waals surface area contributed by atoms with Crippen LogP contribution in [0.25, 0.3) is 0 Å². The molecule has 4 heterocycles. The quantitative estimate of drug-likeness (QED) is 0.445. The average molecular weight is 440 g/mol. The zero-order valence-electron chi connectivity index (χ0n) is 14.0. The molecule has 0 bridgehead atoms. The summed E-state index contributed by atoms with van der Waals surface area (Å²) in [5, 5.41) is 24.3. The third-order valence-corrected chi connectivity index (χ3v) is 7.18. The summed E-state index contributed by atoms with van der Waals surface area (Å²) in [4.78, 5) is 42.3. The van der Waals surface area contributed by atoms with Gasteiger partial charge < -0.3 is 16.2 Å². The van der Waals surface area contributed by atoms with Crippen molar-refractivity contribution < 1.29 is 19.5 Å². The molecule has 0 unspecified atom stereocenters. The number of amides is 2. The van der Waals surface area contributed by atoms with Gasteiger partial charge in [0.05, 0.1) is 18.3 Å². The van der Waals surface area contributed by atoms with Gasteiger partial charge in [0.2, 0.25) is 5.91 Å². The molecule has 4 rings (SSSR count). The van der Waals surface area contributed by atoms with E-state index in [2.05, 4.69) is 25.7 Å². The number of fused-ring (bicyclic) bond motifs is 1. The molecule has 0 aromatic carbocycles. The zero-order valence-corrected chi connectivity index (χ0v) is 16.4. The number of aliphatic carboxylic acids is 1. The number of nitrogens with one attached hydrogen (secondary N) is 2. The molecule has 11 nitrogen and oxygen atoms in total. The number of rotatable bonds is 6. The first-order valence-corrected chi connectivity index (χ1v) is 10.6. The van der Waals surface area contributed by atoms with Crippen LogP contribution in [0.2, 0.25) is 0 Å². The number of carbonyl (C=O) groups excluding carboxylic acids is 2. The number of hydrogen-bond donors (Lipinski definition) is 4. The Morgan fingerprint density at radius 1 is 1.50 bits per heavy atom. The van der Waals surface area contributed by atoms with Gasteiger partial charge in [-0.1, -0.05) is 17.0 Å². The van der Waals surface area contributed by atoms with E-state index in [1.54, 1.807) is 5.38 Å². The van der Waals surface area contributed by atoms with Crippen molar-refractivity contribution >= 4 is 57.8 Å². The van der Waals surface area contributed by atoms with Gasteiger partial charge in [-0.25, -0.2) is 9.78 Å². The van der Waals surface area contributed by atoms with E-state index in [4.69, 9.17) is 5.73 Å². The lowest BCUT2D eigenvalue weighted by atomic mass is 10.0. The fraction of sp³-hybridized carbons (Fsp3) is 0.286. The molecule has 1 saturated heterocycles. The molecular weight excluding hydrogens is 426 g/mol. The van der Waals surface area contributed by atoms with Crippen LogP contribution in [0.5, 0.6) is 0 Å². The van der Waals surface area contributed by atoms with E-state index in [0.717, 1.165) is 0 Å². The molecule has 0 saturated carbocycles. The number of β-lactam (4-membered cyclic amide) rings is 1. The van der Waals surface area contributed by atoms with Gasteiger partial charge in [0.15, 0.2) is 5.13 Å². The highest BCUT2D eigenvalue weighted by Crippen LogP contribution is 2.44. The van der Waals surface area contributed by atoms with Crippen LogP contribution in [0.4, 0.5) is 5.13 Å². The topological polar surface area (TPSA) is 167 Å². The Balaban J connectivity index is 1.47. The largest absolute Gasteiger partial charge is 0.477 e. The maximum absolute atomic E-state index is 12.6. The van der Waals surface area contributed by atoms with Gasteiger partial charge in [0, 0.05) is 16.0 Å². The minimum absolute atomic E-state index is 0.00438. The van der Waals surface area contributed by atoms with Crippen molar-refractivity contribution in [1.29, 1.82) is 0 Å². The van der Waals surface area contributed by atoms with Crippen LogP contribution in [0.15, 0.2) is 27.2 Å². The Morgan fingerprint density at radius 2 is 2.32 bits per heavy atom. The van der Waals surface area contributed by atoms with Crippen LogP contribution in [-0.4, -0.2) is 65.4 Å². The molecule has 0 spiro atoms. The Morgan fingerprint density at radius 3 is 2.96 bits per heavy atom. The van der Waals surface area contributed by atoms with Crippen LogP contribution in [0.1, 0.15) is 5.69 Å². The van der Waals surface area contributed by atoms with E-state index in [0.29, 0.717) is 26.5 Å². The first-order chi connectivity index (χ1) is 13.4. The summed E-state index contributed by atoms with van der Waals surface area (Å²) in [6, 6.07) is -0.775. The molecule has 0 radical (unpaired) electrons. The van der Waals surface area contributed by atoms with Crippen LogP contribution in [-0.2, 0) is 20.8 Å². The summed E-state index contributed by atoms with van der Waals surface area (Å²) in [5.74, 6) is -1.64. The highest BCUT2D eigenvalue weighted by atomic mass is 32.2. The number of carboxylic acid groups (broad SMARTS) is 1. The number of H-pyrrole nitrogens is 1. The van der Waals surface area contributed by atoms with Crippen molar-refractivity contribution in [3.8, 4) is 0 Å². The number of carbonyl (C=O) groups is 3. The number of thiazole rings is 1. The highest BCUT2D eigenvalue weighted by molar-refractivity contribution is 8.06. The molecule has 146 valence electrons. The van der Waals surface area contributed by atoms with Gasteiger partial charge in [0.1, 0.15) is 22.1 Å². The highest BCUT2D eigenvalue weighted by Gasteiger charge is 2.54. The van der Waals surface area contributed by atoms with E-state index < -0.39 is 23.3 Å². The lowest BCUT2D eigenvalue weighted by Gasteiger charge is -2.49. The number of nitrogen functional groups attached to an aromatic ring is 1. The molecule has 0 aliphatic carbocycles. The molecule has 5 N–H and O–H groups in total. The third kappa shape index (κ3) is 3.45. The number of nitrogens with two attached hydrogens (primary N) is 1.